The highest BCUT2D eigenvalue weighted by Gasteiger charge is 2.33. The number of nitrogens with zero attached hydrogens (tertiary/aromatic N) is 4. The summed E-state index contributed by atoms with van der Waals surface area (Å²) in [6, 6.07) is 4.18. The van der Waals surface area contributed by atoms with Gasteiger partial charge in [-0.25, -0.2) is 4.79 Å². The molecular weight excluding hydrogens is 318 g/mol. The summed E-state index contributed by atoms with van der Waals surface area (Å²) in [6.07, 6.45) is 5.59. The van der Waals surface area contributed by atoms with Crippen LogP contribution in [0.5, 0.6) is 0 Å². The van der Waals surface area contributed by atoms with Crippen molar-refractivity contribution in [2.75, 3.05) is 19.6 Å². The number of hydrogen-bond acceptors (Lipinski definition) is 4. The molecule has 0 spiro atoms. The van der Waals surface area contributed by atoms with E-state index >= 15 is 0 Å². The Balaban J connectivity index is 1.76. The molecule has 1 atom stereocenters. The van der Waals surface area contributed by atoms with Crippen molar-refractivity contribution in [3.8, 4) is 0 Å². The van der Waals surface area contributed by atoms with Gasteiger partial charge in [0.1, 0.15) is 5.60 Å². The fourth-order valence-electron chi connectivity index (χ4n) is 3.12. The van der Waals surface area contributed by atoms with Crippen molar-refractivity contribution >= 4 is 6.09 Å². The maximum Gasteiger partial charge on any atom is 0.410 e. The van der Waals surface area contributed by atoms with E-state index in [1.54, 1.807) is 9.58 Å². The van der Waals surface area contributed by atoms with Crippen molar-refractivity contribution in [1.82, 2.24) is 24.6 Å². The van der Waals surface area contributed by atoms with Crippen LogP contribution in [-0.4, -0.2) is 55.9 Å². The van der Waals surface area contributed by atoms with Gasteiger partial charge in [0.15, 0.2) is 0 Å². The number of rotatable bonds is 3. The van der Waals surface area contributed by atoms with Crippen molar-refractivity contribution < 1.29 is 9.53 Å². The SMILES string of the molecule is Cn1cc([C@@H]2CN(C(=O)OC(C)(C)C)CCN2Cc2ccc[nH]2)cn1. The van der Waals surface area contributed by atoms with Crippen molar-refractivity contribution in [1.29, 1.82) is 0 Å². The molecule has 7 nitrogen and oxygen atoms in total. The quantitative estimate of drug-likeness (QED) is 0.928. The highest BCUT2D eigenvalue weighted by molar-refractivity contribution is 5.68. The summed E-state index contributed by atoms with van der Waals surface area (Å²) in [5, 5.41) is 4.30. The molecule has 0 saturated carbocycles. The molecule has 136 valence electrons. The van der Waals surface area contributed by atoms with Gasteiger partial charge in [-0.05, 0) is 32.9 Å². The third kappa shape index (κ3) is 4.42. The first-order chi connectivity index (χ1) is 11.8. The van der Waals surface area contributed by atoms with Gasteiger partial charge in [-0.2, -0.15) is 5.10 Å². The number of aromatic nitrogens is 3. The van der Waals surface area contributed by atoms with Crippen LogP contribution in [0.4, 0.5) is 4.79 Å². The summed E-state index contributed by atoms with van der Waals surface area (Å²) in [6.45, 7) is 8.54. The van der Waals surface area contributed by atoms with Gasteiger partial charge in [0, 0.05) is 56.9 Å². The van der Waals surface area contributed by atoms with Gasteiger partial charge < -0.3 is 14.6 Å². The van der Waals surface area contributed by atoms with Crippen LogP contribution in [0.2, 0.25) is 0 Å². The molecule has 1 saturated heterocycles. The lowest BCUT2D eigenvalue weighted by molar-refractivity contribution is 0.00187. The van der Waals surface area contributed by atoms with Crippen LogP contribution in [0.25, 0.3) is 0 Å². The Morgan fingerprint density at radius 2 is 2.20 bits per heavy atom. The van der Waals surface area contributed by atoms with Crippen molar-refractivity contribution in [2.45, 2.75) is 39.0 Å². The van der Waals surface area contributed by atoms with E-state index in [9.17, 15) is 4.79 Å². The lowest BCUT2D eigenvalue weighted by Gasteiger charge is -2.41. The Morgan fingerprint density at radius 1 is 1.40 bits per heavy atom. The first kappa shape index (κ1) is 17.5. The van der Waals surface area contributed by atoms with Crippen LogP contribution in [0.3, 0.4) is 0 Å². The number of carbonyl (C=O) groups excluding carboxylic acids is 1. The molecule has 2 aromatic heterocycles. The van der Waals surface area contributed by atoms with Crippen LogP contribution in [0.1, 0.15) is 38.1 Å². The van der Waals surface area contributed by atoms with Gasteiger partial charge in [0.25, 0.3) is 0 Å². The average Bonchev–Trinajstić information content (AvgIpc) is 3.17. The highest BCUT2D eigenvalue weighted by Crippen LogP contribution is 2.27. The van der Waals surface area contributed by atoms with E-state index in [4.69, 9.17) is 4.74 Å². The van der Waals surface area contributed by atoms with E-state index in [0.29, 0.717) is 13.1 Å². The molecule has 1 aliphatic rings. The number of carbonyl (C=O) groups is 1. The minimum atomic E-state index is -0.484. The number of piperazine rings is 1. The fourth-order valence-corrected chi connectivity index (χ4v) is 3.12. The molecule has 1 aliphatic heterocycles. The van der Waals surface area contributed by atoms with Crippen LogP contribution in [-0.2, 0) is 18.3 Å². The third-order valence-electron chi connectivity index (χ3n) is 4.29. The predicted molar refractivity (Wildman–Crippen MR) is 95.0 cm³/mol. The van der Waals surface area contributed by atoms with E-state index in [0.717, 1.165) is 18.7 Å². The second kappa shape index (κ2) is 6.92. The Morgan fingerprint density at radius 3 is 2.80 bits per heavy atom. The molecule has 0 radical (unpaired) electrons. The predicted octanol–water partition coefficient (Wildman–Crippen LogP) is 2.54. The maximum atomic E-state index is 12.5. The number of hydrogen-bond donors (Lipinski definition) is 1. The number of H-pyrrole nitrogens is 1. The number of aryl methyl sites for hydroxylation is 1. The summed E-state index contributed by atoms with van der Waals surface area (Å²) >= 11 is 0. The molecule has 0 unspecified atom stereocenters. The smallest absolute Gasteiger partial charge is 0.410 e. The minimum absolute atomic E-state index is 0.0956. The molecule has 1 N–H and O–H groups in total. The zero-order valence-electron chi connectivity index (χ0n) is 15.4. The van der Waals surface area contributed by atoms with Crippen LogP contribution in [0, 0.1) is 0 Å². The van der Waals surface area contributed by atoms with Crippen LogP contribution in [0.15, 0.2) is 30.7 Å². The monoisotopic (exact) mass is 345 g/mol. The standard InChI is InChI=1S/C18H27N5O2/c1-18(2,3)25-17(24)23-9-8-22(12-15-6-5-7-19-15)16(13-23)14-10-20-21(4)11-14/h5-7,10-11,16,19H,8-9,12-13H2,1-4H3/t16-/m0/s1. The minimum Gasteiger partial charge on any atom is -0.444 e. The van der Waals surface area contributed by atoms with Gasteiger partial charge >= 0.3 is 6.09 Å². The van der Waals surface area contributed by atoms with E-state index in [1.165, 1.54) is 5.69 Å². The molecule has 25 heavy (non-hydrogen) atoms. The van der Waals surface area contributed by atoms with Crippen molar-refractivity contribution in [3.05, 3.63) is 42.0 Å². The number of amides is 1. The van der Waals surface area contributed by atoms with Gasteiger partial charge in [0.05, 0.1) is 12.2 Å². The summed E-state index contributed by atoms with van der Waals surface area (Å²) in [5.41, 5.74) is 1.80. The summed E-state index contributed by atoms with van der Waals surface area (Å²) in [7, 11) is 1.91. The Labute approximate surface area is 148 Å². The van der Waals surface area contributed by atoms with E-state index in [2.05, 4.69) is 21.0 Å². The maximum absolute atomic E-state index is 12.5. The van der Waals surface area contributed by atoms with E-state index in [1.807, 2.05) is 52.5 Å². The Hall–Kier alpha value is -2.28. The summed E-state index contributed by atoms with van der Waals surface area (Å²) in [4.78, 5) is 19.9. The molecule has 3 rings (SSSR count). The highest BCUT2D eigenvalue weighted by atomic mass is 16.6. The van der Waals surface area contributed by atoms with Crippen LogP contribution >= 0.6 is 0 Å². The van der Waals surface area contributed by atoms with Gasteiger partial charge in [-0.3, -0.25) is 9.58 Å². The van der Waals surface area contributed by atoms with Crippen molar-refractivity contribution in [2.24, 2.45) is 7.05 Å². The first-order valence-electron chi connectivity index (χ1n) is 8.64. The van der Waals surface area contributed by atoms with E-state index < -0.39 is 5.60 Å². The molecule has 3 heterocycles. The molecule has 1 fully saturated rings. The molecule has 2 aromatic rings. The van der Waals surface area contributed by atoms with Crippen LogP contribution < -0.4 is 0 Å². The molecule has 0 bridgehead atoms. The largest absolute Gasteiger partial charge is 0.444 e. The molecule has 1 amide bonds. The topological polar surface area (TPSA) is 66.4 Å². The van der Waals surface area contributed by atoms with Gasteiger partial charge in [-0.1, -0.05) is 0 Å². The number of nitrogens with one attached hydrogen (secondary N) is 1. The second-order valence-corrected chi connectivity index (χ2v) is 7.56. The molecule has 7 heteroatoms. The third-order valence-corrected chi connectivity index (χ3v) is 4.29. The summed E-state index contributed by atoms with van der Waals surface area (Å²) < 4.78 is 7.35. The number of aromatic amines is 1. The Kier molecular flexibility index (Phi) is 4.85. The number of ether oxygens (including phenoxy) is 1. The Bertz CT molecular complexity index is 701. The fraction of sp³-hybridized carbons (Fsp3) is 0.556. The first-order valence-corrected chi connectivity index (χ1v) is 8.64. The average molecular weight is 345 g/mol. The van der Waals surface area contributed by atoms with Gasteiger partial charge in [-0.15, -0.1) is 0 Å². The lowest BCUT2D eigenvalue weighted by atomic mass is 10.1. The van der Waals surface area contributed by atoms with Crippen molar-refractivity contribution in [3.63, 3.8) is 0 Å². The molecule has 0 aromatic carbocycles. The second-order valence-electron chi connectivity index (χ2n) is 7.56. The zero-order chi connectivity index (χ0) is 18.0. The lowest BCUT2D eigenvalue weighted by Crippen LogP contribution is -2.51. The molecular formula is C18H27N5O2. The normalized spacial score (nSPS) is 19.2. The zero-order valence-corrected chi connectivity index (χ0v) is 15.4. The molecule has 0 aliphatic carbocycles. The van der Waals surface area contributed by atoms with E-state index in [-0.39, 0.29) is 12.1 Å². The van der Waals surface area contributed by atoms with Gasteiger partial charge in [0.2, 0.25) is 0 Å². The summed E-state index contributed by atoms with van der Waals surface area (Å²) in [5.74, 6) is 0.